The molecule has 0 aliphatic carbocycles. The third-order valence-corrected chi connectivity index (χ3v) is 6.23. The summed E-state index contributed by atoms with van der Waals surface area (Å²) < 4.78 is 13.0. The van der Waals surface area contributed by atoms with Gasteiger partial charge < -0.3 is 15.1 Å². The fourth-order valence-corrected chi connectivity index (χ4v) is 4.40. The zero-order valence-corrected chi connectivity index (χ0v) is 17.9. The average molecular weight is 432 g/mol. The molecule has 2 aliphatic heterocycles. The maximum absolute atomic E-state index is 13.0. The second-order valence-corrected chi connectivity index (χ2v) is 7.94. The van der Waals surface area contributed by atoms with Crippen molar-refractivity contribution in [2.24, 2.45) is 0 Å². The Morgan fingerprint density at radius 3 is 2.47 bits per heavy atom. The van der Waals surface area contributed by atoms with E-state index in [2.05, 4.69) is 22.2 Å². The van der Waals surface area contributed by atoms with Gasteiger partial charge in [-0.15, -0.1) is 12.4 Å². The minimum Gasteiger partial charge on any atom is -0.351 e. The van der Waals surface area contributed by atoms with E-state index in [0.29, 0.717) is 12.0 Å². The van der Waals surface area contributed by atoms with Crippen molar-refractivity contribution < 1.29 is 14.0 Å². The quantitative estimate of drug-likeness (QED) is 0.730. The lowest BCUT2D eigenvalue weighted by molar-refractivity contribution is 0.0775. The summed E-state index contributed by atoms with van der Waals surface area (Å²) in [6.45, 7) is 2.59. The summed E-state index contributed by atoms with van der Waals surface area (Å²) >= 11 is 0. The van der Waals surface area contributed by atoms with Crippen molar-refractivity contribution in [2.45, 2.75) is 31.3 Å². The number of hydrogen-bond acceptors (Lipinski definition) is 4. The number of Topliss-reactive ketones (excluding diaryl/α,β-unsaturated/α-hetero) is 1. The predicted molar refractivity (Wildman–Crippen MR) is 118 cm³/mol. The Morgan fingerprint density at radius 1 is 1.10 bits per heavy atom. The largest absolute Gasteiger partial charge is 0.351 e. The van der Waals surface area contributed by atoms with E-state index >= 15 is 0 Å². The molecular weight excluding hydrogens is 405 g/mol. The fourth-order valence-electron chi connectivity index (χ4n) is 4.40. The lowest BCUT2D eigenvalue weighted by Gasteiger charge is -2.51. The number of rotatable bonds is 5. The third-order valence-electron chi connectivity index (χ3n) is 6.23. The van der Waals surface area contributed by atoms with Crippen LogP contribution in [0.2, 0.25) is 0 Å². The number of carbonyl (C=O) groups is 2. The molecule has 0 unspecified atom stereocenters. The minimum absolute atomic E-state index is 0. The van der Waals surface area contributed by atoms with Crippen LogP contribution in [0.5, 0.6) is 0 Å². The molecule has 0 radical (unpaired) electrons. The van der Waals surface area contributed by atoms with Crippen LogP contribution in [0.25, 0.3) is 0 Å². The Morgan fingerprint density at radius 2 is 1.77 bits per heavy atom. The number of piperidine rings is 1. The second kappa shape index (κ2) is 9.14. The first-order valence-corrected chi connectivity index (χ1v) is 10.1. The zero-order valence-electron chi connectivity index (χ0n) is 17.1. The maximum atomic E-state index is 13.0. The van der Waals surface area contributed by atoms with Crippen LogP contribution >= 0.6 is 12.4 Å². The zero-order chi connectivity index (χ0) is 20.4. The molecule has 0 saturated carbocycles. The molecule has 5 nitrogen and oxygen atoms in total. The molecule has 7 heteroatoms. The highest BCUT2D eigenvalue weighted by Crippen LogP contribution is 2.36. The molecule has 1 saturated heterocycles. The van der Waals surface area contributed by atoms with Crippen LogP contribution in [-0.2, 0) is 0 Å². The maximum Gasteiger partial charge on any atom is 0.255 e. The number of nitrogens with zero attached hydrogens (tertiary/aromatic N) is 2. The number of ketones is 1. The molecule has 160 valence electrons. The summed E-state index contributed by atoms with van der Waals surface area (Å²) in [5.74, 6) is -0.280. The smallest absolute Gasteiger partial charge is 0.255 e. The highest BCUT2D eigenvalue weighted by atomic mass is 35.5. The minimum atomic E-state index is -0.341. The molecule has 2 aromatic rings. The third kappa shape index (κ3) is 4.35. The van der Waals surface area contributed by atoms with Crippen LogP contribution in [0, 0.1) is 5.82 Å². The first-order valence-electron chi connectivity index (χ1n) is 10.1. The van der Waals surface area contributed by atoms with Gasteiger partial charge in [-0.3, -0.25) is 9.59 Å². The Kier molecular flexibility index (Phi) is 6.78. The van der Waals surface area contributed by atoms with Crippen molar-refractivity contribution in [3.63, 3.8) is 0 Å². The van der Waals surface area contributed by atoms with Crippen molar-refractivity contribution in [3.05, 3.63) is 65.5 Å². The van der Waals surface area contributed by atoms with Gasteiger partial charge in [0, 0.05) is 45.0 Å². The Bertz CT molecular complexity index is 911. The number of fused-ring (bicyclic) bond motifs is 1. The fraction of sp³-hybridized carbons (Fsp3) is 0.391. The molecule has 0 aromatic heterocycles. The summed E-state index contributed by atoms with van der Waals surface area (Å²) in [5, 5.41) is 3.23. The molecule has 1 N–H and O–H groups in total. The average Bonchev–Trinajstić information content (AvgIpc) is 2.74. The van der Waals surface area contributed by atoms with E-state index in [1.807, 2.05) is 24.3 Å². The van der Waals surface area contributed by atoms with Gasteiger partial charge in [-0.05, 0) is 49.4 Å². The van der Waals surface area contributed by atoms with Gasteiger partial charge in [0.1, 0.15) is 11.5 Å². The number of halogens is 2. The van der Waals surface area contributed by atoms with Crippen LogP contribution < -0.4 is 10.2 Å². The summed E-state index contributed by atoms with van der Waals surface area (Å²) in [6, 6.07) is 13.5. The van der Waals surface area contributed by atoms with Crippen LogP contribution in [0.15, 0.2) is 48.5 Å². The van der Waals surface area contributed by atoms with E-state index in [9.17, 15) is 14.0 Å². The normalized spacial score (nSPS) is 17.8. The van der Waals surface area contributed by atoms with Gasteiger partial charge >= 0.3 is 0 Å². The van der Waals surface area contributed by atoms with Crippen molar-refractivity contribution in [3.8, 4) is 0 Å². The molecule has 0 atom stereocenters. The van der Waals surface area contributed by atoms with E-state index in [1.165, 1.54) is 12.1 Å². The molecule has 2 aliphatic rings. The van der Waals surface area contributed by atoms with E-state index in [1.54, 1.807) is 12.1 Å². The van der Waals surface area contributed by atoms with Gasteiger partial charge in [-0.25, -0.2) is 4.39 Å². The highest BCUT2D eigenvalue weighted by molar-refractivity contribution is 6.02. The number of para-hydroxylation sites is 1. The molecule has 1 amide bonds. The van der Waals surface area contributed by atoms with Gasteiger partial charge in [0.2, 0.25) is 0 Å². The van der Waals surface area contributed by atoms with Gasteiger partial charge in [-0.1, -0.05) is 12.1 Å². The number of carbonyl (C=O) groups excluding carboxylic acids is 2. The lowest BCUT2D eigenvalue weighted by Crippen LogP contribution is -2.66. The molecule has 30 heavy (non-hydrogen) atoms. The Balaban J connectivity index is 0.00000256. The predicted octanol–water partition coefficient (Wildman–Crippen LogP) is 3.88. The number of hydrogen-bond donors (Lipinski definition) is 1. The van der Waals surface area contributed by atoms with Crippen molar-refractivity contribution in [1.82, 2.24) is 10.2 Å². The van der Waals surface area contributed by atoms with Crippen LogP contribution in [-0.4, -0.2) is 48.9 Å². The van der Waals surface area contributed by atoms with Crippen LogP contribution in [0.3, 0.4) is 0 Å². The standard InChI is InChI=1S/C23H26FN3O2.ClH/c1-26-20-6-3-2-5-19(20)22(29)25-23(26)12-15-27(16-13-23)14-4-7-21(28)17-8-10-18(24)11-9-17;/h2-3,5-6,8-11H,4,7,12-16H2,1H3,(H,25,29);1H. The molecule has 2 aromatic carbocycles. The number of amides is 1. The van der Waals surface area contributed by atoms with Crippen molar-refractivity contribution in [2.75, 3.05) is 31.6 Å². The number of anilines is 1. The van der Waals surface area contributed by atoms with E-state index < -0.39 is 0 Å². The monoisotopic (exact) mass is 431 g/mol. The summed E-state index contributed by atoms with van der Waals surface area (Å²) in [4.78, 5) is 29.4. The Hall–Kier alpha value is -2.44. The van der Waals surface area contributed by atoms with Crippen molar-refractivity contribution >= 4 is 29.8 Å². The summed E-state index contributed by atoms with van der Waals surface area (Å²) in [7, 11) is 2.05. The van der Waals surface area contributed by atoms with Gasteiger partial charge in [-0.2, -0.15) is 0 Å². The second-order valence-electron chi connectivity index (χ2n) is 7.94. The molecule has 0 bridgehead atoms. The highest BCUT2D eigenvalue weighted by Gasteiger charge is 2.43. The molecule has 1 fully saturated rings. The number of benzene rings is 2. The van der Waals surface area contributed by atoms with Crippen LogP contribution in [0.4, 0.5) is 10.1 Å². The van der Waals surface area contributed by atoms with Gasteiger partial charge in [0.05, 0.1) is 11.3 Å². The van der Waals surface area contributed by atoms with E-state index in [0.717, 1.165) is 50.1 Å². The first kappa shape index (κ1) is 22.2. The molecular formula is C23H27ClFN3O2. The van der Waals surface area contributed by atoms with E-state index in [4.69, 9.17) is 0 Å². The first-order chi connectivity index (χ1) is 14.0. The summed E-state index contributed by atoms with van der Waals surface area (Å²) in [6.07, 6.45) is 2.91. The SMILES string of the molecule is CN1c2ccccc2C(=O)NC12CCN(CCCC(=O)c1ccc(F)cc1)CC2.Cl. The molecule has 4 rings (SSSR count). The topological polar surface area (TPSA) is 52.7 Å². The number of nitrogens with one attached hydrogen (secondary N) is 1. The molecule has 2 heterocycles. The molecule has 1 spiro atoms. The number of likely N-dealkylation sites (tertiary alicyclic amines) is 1. The van der Waals surface area contributed by atoms with Crippen molar-refractivity contribution in [1.29, 1.82) is 0 Å². The van der Waals surface area contributed by atoms with E-state index in [-0.39, 0.29) is 35.6 Å². The van der Waals surface area contributed by atoms with Gasteiger partial charge in [0.15, 0.2) is 5.78 Å². The van der Waals surface area contributed by atoms with Gasteiger partial charge in [0.25, 0.3) is 5.91 Å². The van der Waals surface area contributed by atoms with Crippen LogP contribution in [0.1, 0.15) is 46.4 Å². The summed E-state index contributed by atoms with van der Waals surface area (Å²) in [5.41, 5.74) is 1.93. The lowest BCUT2D eigenvalue weighted by atomic mass is 9.90. The Labute approximate surface area is 182 Å².